The Hall–Kier alpha value is -1.69. The van der Waals surface area contributed by atoms with Gasteiger partial charge < -0.3 is 4.90 Å². The van der Waals surface area contributed by atoms with E-state index in [0.29, 0.717) is 13.0 Å². The van der Waals surface area contributed by atoms with Gasteiger partial charge in [0.1, 0.15) is 0 Å². The predicted octanol–water partition coefficient (Wildman–Crippen LogP) is 2.62. The Labute approximate surface area is 135 Å². The lowest BCUT2D eigenvalue weighted by molar-refractivity contribution is -0.133. The molecule has 22 heavy (non-hydrogen) atoms. The van der Waals surface area contributed by atoms with Gasteiger partial charge in [-0.05, 0) is 25.8 Å². The first-order chi connectivity index (χ1) is 10.6. The number of rotatable bonds is 4. The summed E-state index contributed by atoms with van der Waals surface area (Å²) in [6, 6.07) is 1.96. The van der Waals surface area contributed by atoms with Gasteiger partial charge in [-0.2, -0.15) is 5.10 Å². The van der Waals surface area contributed by atoms with E-state index < -0.39 is 0 Å². The first kappa shape index (κ1) is 15.2. The van der Waals surface area contributed by atoms with Gasteiger partial charge in [0.05, 0.1) is 10.7 Å². The number of carbonyl (C=O) groups excluding carboxylic acids is 1. The van der Waals surface area contributed by atoms with E-state index in [2.05, 4.69) is 17.0 Å². The summed E-state index contributed by atoms with van der Waals surface area (Å²) in [5.41, 5.74) is 1.12. The van der Waals surface area contributed by atoms with E-state index in [1.165, 1.54) is 5.01 Å². The Balaban J connectivity index is 1.51. The van der Waals surface area contributed by atoms with E-state index in [4.69, 9.17) is 0 Å². The smallest absolute Gasteiger partial charge is 0.224 e. The zero-order valence-corrected chi connectivity index (χ0v) is 14.0. The van der Waals surface area contributed by atoms with Crippen molar-refractivity contribution in [2.24, 2.45) is 0 Å². The van der Waals surface area contributed by atoms with Crippen molar-refractivity contribution in [2.75, 3.05) is 13.1 Å². The number of carbonyl (C=O) groups is 1. The summed E-state index contributed by atoms with van der Waals surface area (Å²) in [7, 11) is 0. The molecule has 1 fully saturated rings. The molecule has 1 amide bonds. The molecule has 3 rings (SSSR count). The molecule has 0 atom stereocenters. The SMILES string of the molecule is Cc1ccn(CCC(=O)N2CCC(C)(c3nccs3)CC2)n1. The van der Waals surface area contributed by atoms with Gasteiger partial charge in [-0.3, -0.25) is 9.48 Å². The standard InChI is InChI=1S/C16H22N4OS/c1-13-3-8-20(18-13)9-4-14(21)19-10-5-16(2,6-11-19)15-17-7-12-22-15/h3,7-8,12H,4-6,9-11H2,1-2H3. The van der Waals surface area contributed by atoms with Gasteiger partial charge in [-0.1, -0.05) is 6.92 Å². The van der Waals surface area contributed by atoms with Gasteiger partial charge >= 0.3 is 0 Å². The Morgan fingerprint density at radius 1 is 1.41 bits per heavy atom. The van der Waals surface area contributed by atoms with Crippen LogP contribution < -0.4 is 0 Å². The van der Waals surface area contributed by atoms with Crippen molar-refractivity contribution in [1.82, 2.24) is 19.7 Å². The number of nitrogens with zero attached hydrogens (tertiary/aromatic N) is 4. The largest absolute Gasteiger partial charge is 0.343 e. The fraction of sp³-hybridized carbons (Fsp3) is 0.562. The molecule has 1 aliphatic heterocycles. The monoisotopic (exact) mass is 318 g/mol. The fourth-order valence-electron chi connectivity index (χ4n) is 2.94. The highest BCUT2D eigenvalue weighted by Crippen LogP contribution is 2.36. The van der Waals surface area contributed by atoms with Gasteiger partial charge in [0.25, 0.3) is 0 Å². The minimum Gasteiger partial charge on any atom is -0.343 e. The lowest BCUT2D eigenvalue weighted by Crippen LogP contribution is -2.44. The summed E-state index contributed by atoms with van der Waals surface area (Å²) in [5.74, 6) is 0.231. The van der Waals surface area contributed by atoms with Crippen molar-refractivity contribution in [1.29, 1.82) is 0 Å². The summed E-state index contributed by atoms with van der Waals surface area (Å²) < 4.78 is 1.84. The number of hydrogen-bond acceptors (Lipinski definition) is 4. The van der Waals surface area contributed by atoms with E-state index in [-0.39, 0.29) is 11.3 Å². The van der Waals surface area contributed by atoms with Crippen LogP contribution in [0.5, 0.6) is 0 Å². The second-order valence-corrected chi connectivity index (χ2v) is 7.14. The molecule has 0 unspecified atom stereocenters. The summed E-state index contributed by atoms with van der Waals surface area (Å²) >= 11 is 1.72. The highest BCUT2D eigenvalue weighted by atomic mass is 32.1. The molecule has 0 aliphatic carbocycles. The third-order valence-electron chi connectivity index (χ3n) is 4.50. The molecule has 0 N–H and O–H groups in total. The number of amides is 1. The second kappa shape index (κ2) is 6.20. The second-order valence-electron chi connectivity index (χ2n) is 6.25. The van der Waals surface area contributed by atoms with Crippen molar-refractivity contribution in [3.8, 4) is 0 Å². The van der Waals surface area contributed by atoms with Gasteiger partial charge in [0.2, 0.25) is 5.91 Å². The Bertz CT molecular complexity index is 626. The summed E-state index contributed by atoms with van der Waals surface area (Å²) in [4.78, 5) is 18.8. The highest BCUT2D eigenvalue weighted by Gasteiger charge is 2.35. The first-order valence-corrected chi connectivity index (χ1v) is 8.63. The zero-order chi connectivity index (χ0) is 15.6. The van der Waals surface area contributed by atoms with Gasteiger partial charge in [-0.25, -0.2) is 4.98 Å². The molecule has 0 radical (unpaired) electrons. The van der Waals surface area contributed by atoms with E-state index in [0.717, 1.165) is 31.6 Å². The zero-order valence-electron chi connectivity index (χ0n) is 13.2. The average molecular weight is 318 g/mol. The van der Waals surface area contributed by atoms with Crippen LogP contribution >= 0.6 is 11.3 Å². The fourth-order valence-corrected chi connectivity index (χ4v) is 3.80. The van der Waals surface area contributed by atoms with Gasteiger partial charge in [0.15, 0.2) is 0 Å². The molecule has 0 aromatic carbocycles. The number of thiazole rings is 1. The van der Waals surface area contributed by atoms with Crippen molar-refractivity contribution >= 4 is 17.2 Å². The minimum atomic E-state index is 0.129. The molecule has 2 aromatic heterocycles. The van der Waals surface area contributed by atoms with Gasteiger partial charge in [0, 0.05) is 49.2 Å². The maximum Gasteiger partial charge on any atom is 0.224 e. The van der Waals surface area contributed by atoms with Crippen molar-refractivity contribution in [3.05, 3.63) is 34.5 Å². The molecule has 6 heteroatoms. The Kier molecular flexibility index (Phi) is 4.29. The van der Waals surface area contributed by atoms with Crippen LogP contribution in [0, 0.1) is 6.92 Å². The molecule has 5 nitrogen and oxygen atoms in total. The van der Waals surface area contributed by atoms with Crippen LogP contribution in [0.3, 0.4) is 0 Å². The molecule has 3 heterocycles. The van der Waals surface area contributed by atoms with Crippen LogP contribution in [-0.2, 0) is 16.8 Å². The van der Waals surface area contributed by atoms with Crippen molar-refractivity contribution in [2.45, 2.75) is 45.1 Å². The molecule has 0 bridgehead atoms. The molecular formula is C16H22N4OS. The Morgan fingerprint density at radius 3 is 2.77 bits per heavy atom. The first-order valence-electron chi connectivity index (χ1n) is 7.75. The lowest BCUT2D eigenvalue weighted by atomic mass is 9.81. The lowest BCUT2D eigenvalue weighted by Gasteiger charge is -2.38. The van der Waals surface area contributed by atoms with Crippen LogP contribution in [-0.4, -0.2) is 38.7 Å². The third kappa shape index (κ3) is 3.21. The predicted molar refractivity (Wildman–Crippen MR) is 86.9 cm³/mol. The molecular weight excluding hydrogens is 296 g/mol. The topological polar surface area (TPSA) is 51.0 Å². The van der Waals surface area contributed by atoms with E-state index in [1.54, 1.807) is 11.3 Å². The highest BCUT2D eigenvalue weighted by molar-refractivity contribution is 7.09. The molecule has 1 aliphatic rings. The average Bonchev–Trinajstić information content (AvgIpc) is 3.17. The molecule has 118 valence electrons. The molecule has 0 saturated carbocycles. The van der Waals surface area contributed by atoms with Crippen LogP contribution in [0.15, 0.2) is 23.8 Å². The number of aromatic nitrogens is 3. The number of piperidine rings is 1. The third-order valence-corrected chi connectivity index (χ3v) is 5.58. The van der Waals surface area contributed by atoms with E-state index in [1.807, 2.05) is 40.3 Å². The maximum absolute atomic E-state index is 12.3. The number of aryl methyl sites for hydroxylation is 2. The summed E-state index contributed by atoms with van der Waals surface area (Å²) in [6.45, 7) is 6.54. The van der Waals surface area contributed by atoms with Crippen LogP contribution in [0.1, 0.15) is 36.9 Å². The number of likely N-dealkylation sites (tertiary alicyclic amines) is 1. The van der Waals surface area contributed by atoms with E-state index in [9.17, 15) is 4.79 Å². The minimum absolute atomic E-state index is 0.129. The Morgan fingerprint density at radius 2 is 2.18 bits per heavy atom. The maximum atomic E-state index is 12.3. The van der Waals surface area contributed by atoms with Crippen LogP contribution in [0.2, 0.25) is 0 Å². The normalized spacial score (nSPS) is 17.6. The van der Waals surface area contributed by atoms with Gasteiger partial charge in [-0.15, -0.1) is 11.3 Å². The van der Waals surface area contributed by atoms with Crippen LogP contribution in [0.25, 0.3) is 0 Å². The van der Waals surface area contributed by atoms with E-state index >= 15 is 0 Å². The summed E-state index contributed by atoms with van der Waals surface area (Å²) in [5, 5.41) is 7.56. The van der Waals surface area contributed by atoms with Crippen LogP contribution in [0.4, 0.5) is 0 Å². The molecule has 2 aromatic rings. The van der Waals surface area contributed by atoms with Crippen molar-refractivity contribution < 1.29 is 4.79 Å². The summed E-state index contributed by atoms with van der Waals surface area (Å²) in [6.07, 6.45) is 6.31. The quantitative estimate of drug-likeness (QED) is 0.871. The number of hydrogen-bond donors (Lipinski definition) is 0. The molecule has 1 saturated heterocycles. The van der Waals surface area contributed by atoms with Crippen molar-refractivity contribution in [3.63, 3.8) is 0 Å². The molecule has 0 spiro atoms.